The van der Waals surface area contributed by atoms with Gasteiger partial charge >= 0.3 is 0 Å². The van der Waals surface area contributed by atoms with Crippen LogP contribution in [0.3, 0.4) is 0 Å². The monoisotopic (exact) mass is 300 g/mol. The van der Waals surface area contributed by atoms with Gasteiger partial charge in [-0.1, -0.05) is 6.92 Å². The van der Waals surface area contributed by atoms with E-state index in [2.05, 4.69) is 21.2 Å². The lowest BCUT2D eigenvalue weighted by Crippen LogP contribution is -2.20. The Morgan fingerprint density at radius 3 is 2.88 bits per heavy atom. The van der Waals surface area contributed by atoms with Crippen molar-refractivity contribution < 1.29 is 9.53 Å². The lowest BCUT2D eigenvalue weighted by atomic mass is 10.1. The molecule has 1 aromatic rings. The third-order valence-electron chi connectivity index (χ3n) is 2.38. The zero-order valence-electron chi connectivity index (χ0n) is 10.00. The summed E-state index contributed by atoms with van der Waals surface area (Å²) in [5.74, 6) is 0.839. The number of hydrogen-bond donors (Lipinski definition) is 2. The fourth-order valence-electron chi connectivity index (χ4n) is 1.33. The minimum atomic E-state index is -0.0445. The van der Waals surface area contributed by atoms with Crippen molar-refractivity contribution in [2.75, 3.05) is 19.0 Å². The standard InChI is InChI=1S/C12H17BrN2O2/c1-8(7-14)5-12(16)15-11-6-9(17-2)3-4-10(11)13/h3-4,6,8H,5,7,14H2,1-2H3,(H,15,16). The summed E-state index contributed by atoms with van der Waals surface area (Å²) in [4.78, 5) is 11.7. The number of anilines is 1. The molecular weight excluding hydrogens is 284 g/mol. The molecule has 0 aromatic heterocycles. The van der Waals surface area contributed by atoms with Crippen LogP contribution in [-0.2, 0) is 4.79 Å². The van der Waals surface area contributed by atoms with Crippen LogP contribution in [-0.4, -0.2) is 19.6 Å². The Morgan fingerprint density at radius 1 is 1.59 bits per heavy atom. The molecule has 0 bridgehead atoms. The van der Waals surface area contributed by atoms with Gasteiger partial charge in [-0.25, -0.2) is 0 Å². The molecule has 94 valence electrons. The molecule has 0 saturated carbocycles. The Labute approximate surface area is 110 Å². The SMILES string of the molecule is COc1ccc(Br)c(NC(=O)CC(C)CN)c1. The van der Waals surface area contributed by atoms with Crippen molar-refractivity contribution in [3.63, 3.8) is 0 Å². The summed E-state index contributed by atoms with van der Waals surface area (Å²) in [6.45, 7) is 2.45. The number of benzene rings is 1. The molecule has 1 aromatic carbocycles. The Morgan fingerprint density at radius 2 is 2.29 bits per heavy atom. The van der Waals surface area contributed by atoms with Crippen molar-refractivity contribution >= 4 is 27.5 Å². The number of nitrogens with two attached hydrogens (primary N) is 1. The molecule has 1 atom stereocenters. The van der Waals surface area contributed by atoms with E-state index in [4.69, 9.17) is 10.5 Å². The number of carbonyl (C=O) groups is 1. The molecule has 0 aliphatic heterocycles. The van der Waals surface area contributed by atoms with Crippen molar-refractivity contribution in [2.45, 2.75) is 13.3 Å². The largest absolute Gasteiger partial charge is 0.497 e. The van der Waals surface area contributed by atoms with Gasteiger partial charge in [-0.2, -0.15) is 0 Å². The third kappa shape index (κ3) is 4.36. The third-order valence-corrected chi connectivity index (χ3v) is 3.08. The molecule has 0 aliphatic carbocycles. The van der Waals surface area contributed by atoms with Gasteiger partial charge in [-0.15, -0.1) is 0 Å². The summed E-state index contributed by atoms with van der Waals surface area (Å²) >= 11 is 3.38. The van der Waals surface area contributed by atoms with Crippen LogP contribution < -0.4 is 15.8 Å². The number of rotatable bonds is 5. The number of methoxy groups -OCH3 is 1. The first-order valence-corrected chi connectivity index (χ1v) is 6.19. The van der Waals surface area contributed by atoms with E-state index in [0.29, 0.717) is 24.4 Å². The Kier molecular flexibility index (Phi) is 5.44. The van der Waals surface area contributed by atoms with Crippen LogP contribution in [0.1, 0.15) is 13.3 Å². The van der Waals surface area contributed by atoms with Crippen LogP contribution in [0.15, 0.2) is 22.7 Å². The number of nitrogens with one attached hydrogen (secondary N) is 1. The van der Waals surface area contributed by atoms with E-state index in [0.717, 1.165) is 4.47 Å². The molecule has 17 heavy (non-hydrogen) atoms. The van der Waals surface area contributed by atoms with Gasteiger partial charge in [0, 0.05) is 17.0 Å². The smallest absolute Gasteiger partial charge is 0.224 e. The first-order valence-electron chi connectivity index (χ1n) is 5.40. The minimum absolute atomic E-state index is 0.0445. The van der Waals surface area contributed by atoms with Crippen molar-refractivity contribution in [3.05, 3.63) is 22.7 Å². The predicted molar refractivity (Wildman–Crippen MR) is 72.2 cm³/mol. The molecule has 1 amide bonds. The topological polar surface area (TPSA) is 64.3 Å². The summed E-state index contributed by atoms with van der Waals surface area (Å²) in [6, 6.07) is 5.43. The van der Waals surface area contributed by atoms with Crippen LogP contribution in [0.2, 0.25) is 0 Å². The van der Waals surface area contributed by atoms with Crippen LogP contribution in [0.25, 0.3) is 0 Å². The van der Waals surface area contributed by atoms with E-state index in [-0.39, 0.29) is 11.8 Å². The summed E-state index contributed by atoms with van der Waals surface area (Å²) in [7, 11) is 1.59. The zero-order valence-corrected chi connectivity index (χ0v) is 11.6. The quantitative estimate of drug-likeness (QED) is 0.877. The lowest BCUT2D eigenvalue weighted by molar-refractivity contribution is -0.116. The van der Waals surface area contributed by atoms with Crippen LogP contribution in [0.5, 0.6) is 5.75 Å². The van der Waals surface area contributed by atoms with Gasteiger partial charge in [-0.3, -0.25) is 4.79 Å². The number of hydrogen-bond acceptors (Lipinski definition) is 3. The van der Waals surface area contributed by atoms with E-state index in [1.54, 1.807) is 13.2 Å². The first-order chi connectivity index (χ1) is 8.06. The maximum absolute atomic E-state index is 11.7. The molecule has 0 heterocycles. The maximum atomic E-state index is 11.7. The normalized spacial score (nSPS) is 12.0. The minimum Gasteiger partial charge on any atom is -0.497 e. The van der Waals surface area contributed by atoms with Crippen molar-refractivity contribution in [2.24, 2.45) is 11.7 Å². The van der Waals surface area contributed by atoms with Crippen LogP contribution >= 0.6 is 15.9 Å². The number of halogens is 1. The van der Waals surface area contributed by atoms with Gasteiger partial charge in [0.2, 0.25) is 5.91 Å². The zero-order chi connectivity index (χ0) is 12.8. The molecule has 0 saturated heterocycles. The molecule has 1 unspecified atom stereocenters. The summed E-state index contributed by atoms with van der Waals surface area (Å²) in [5, 5.41) is 2.83. The van der Waals surface area contributed by atoms with Gasteiger partial charge in [0.25, 0.3) is 0 Å². The number of carbonyl (C=O) groups excluding carboxylic acids is 1. The number of amides is 1. The highest BCUT2D eigenvalue weighted by atomic mass is 79.9. The molecule has 0 spiro atoms. The molecule has 4 nitrogen and oxygen atoms in total. The molecule has 0 radical (unpaired) electrons. The van der Waals surface area contributed by atoms with E-state index in [9.17, 15) is 4.79 Å². The first kappa shape index (κ1) is 14.0. The van der Waals surface area contributed by atoms with Crippen LogP contribution in [0.4, 0.5) is 5.69 Å². The second-order valence-electron chi connectivity index (χ2n) is 3.94. The highest BCUT2D eigenvalue weighted by Gasteiger charge is 2.10. The van der Waals surface area contributed by atoms with Gasteiger partial charge in [-0.05, 0) is 40.5 Å². The molecule has 5 heteroatoms. The highest BCUT2D eigenvalue weighted by molar-refractivity contribution is 9.10. The average Bonchev–Trinajstić information content (AvgIpc) is 2.31. The molecular formula is C12H17BrN2O2. The maximum Gasteiger partial charge on any atom is 0.224 e. The fraction of sp³-hybridized carbons (Fsp3) is 0.417. The molecule has 0 fully saturated rings. The van der Waals surface area contributed by atoms with Crippen molar-refractivity contribution in [3.8, 4) is 5.75 Å². The van der Waals surface area contributed by atoms with Crippen molar-refractivity contribution in [1.29, 1.82) is 0 Å². The Balaban J connectivity index is 2.70. The van der Waals surface area contributed by atoms with E-state index in [1.165, 1.54) is 0 Å². The second kappa shape index (κ2) is 6.61. The summed E-state index contributed by atoms with van der Waals surface area (Å²) in [5.41, 5.74) is 6.19. The molecule has 0 aliphatic rings. The summed E-state index contributed by atoms with van der Waals surface area (Å²) in [6.07, 6.45) is 0.417. The Bertz CT molecular complexity index is 396. The van der Waals surface area contributed by atoms with Gasteiger partial charge in [0.05, 0.1) is 12.8 Å². The molecule has 3 N–H and O–H groups in total. The van der Waals surface area contributed by atoms with Gasteiger partial charge < -0.3 is 15.8 Å². The van der Waals surface area contributed by atoms with E-state index >= 15 is 0 Å². The second-order valence-corrected chi connectivity index (χ2v) is 4.79. The lowest BCUT2D eigenvalue weighted by Gasteiger charge is -2.11. The van der Waals surface area contributed by atoms with E-state index < -0.39 is 0 Å². The van der Waals surface area contributed by atoms with Crippen molar-refractivity contribution in [1.82, 2.24) is 0 Å². The average molecular weight is 301 g/mol. The molecule has 1 rings (SSSR count). The van der Waals surface area contributed by atoms with Gasteiger partial charge in [0.1, 0.15) is 5.75 Å². The predicted octanol–water partition coefficient (Wildman–Crippen LogP) is 2.38. The number of ether oxygens (including phenoxy) is 1. The summed E-state index contributed by atoms with van der Waals surface area (Å²) < 4.78 is 5.93. The van der Waals surface area contributed by atoms with Crippen LogP contribution in [0, 0.1) is 5.92 Å². The Hall–Kier alpha value is -1.07. The van der Waals surface area contributed by atoms with E-state index in [1.807, 2.05) is 19.1 Å². The van der Waals surface area contributed by atoms with Gasteiger partial charge in [0.15, 0.2) is 0 Å². The highest BCUT2D eigenvalue weighted by Crippen LogP contribution is 2.27. The fourth-order valence-corrected chi connectivity index (χ4v) is 1.67.